The Balaban J connectivity index is 1.88. The maximum absolute atomic E-state index is 12.7. The minimum absolute atomic E-state index is 0.310. The van der Waals surface area contributed by atoms with Crippen LogP contribution in [0.2, 0.25) is 0 Å². The van der Waals surface area contributed by atoms with Crippen molar-refractivity contribution in [3.05, 3.63) is 65.5 Å². The quantitative estimate of drug-likeness (QED) is 0.869. The summed E-state index contributed by atoms with van der Waals surface area (Å²) in [5.41, 5.74) is 2.75. The molecule has 4 heteroatoms. The van der Waals surface area contributed by atoms with Crippen LogP contribution in [0.5, 0.6) is 0 Å². The second-order valence-electron chi connectivity index (χ2n) is 4.24. The molecule has 0 aromatic heterocycles. The number of carbonyl (C=O) groups excluding carboxylic acids is 1. The highest BCUT2D eigenvalue weighted by molar-refractivity contribution is 5.89. The Bertz CT molecular complexity index is 567. The van der Waals surface area contributed by atoms with E-state index in [1.165, 1.54) is 24.3 Å². The second-order valence-corrected chi connectivity index (χ2v) is 4.24. The third-order valence-electron chi connectivity index (χ3n) is 2.80. The molecule has 2 rings (SSSR count). The summed E-state index contributed by atoms with van der Waals surface area (Å²) in [6.45, 7) is 2.45. The molecule has 0 saturated heterocycles. The predicted octanol–water partition coefficient (Wildman–Crippen LogP) is 3.46. The molecule has 0 aliphatic rings. The smallest absolute Gasteiger partial charge is 0.319 e. The molecule has 0 radical (unpaired) electrons. The Kier molecular flexibility index (Phi) is 4.13. The zero-order valence-corrected chi connectivity index (χ0v) is 10.6. The molecule has 3 nitrogen and oxygen atoms in total. The molecular formula is C15H15FN2O. The molecule has 2 amide bonds. The number of amides is 2. The van der Waals surface area contributed by atoms with Gasteiger partial charge in [-0.2, -0.15) is 0 Å². The van der Waals surface area contributed by atoms with Crippen LogP contribution in [0.15, 0.2) is 48.5 Å². The maximum atomic E-state index is 12.7. The van der Waals surface area contributed by atoms with Gasteiger partial charge < -0.3 is 10.6 Å². The molecule has 0 bridgehead atoms. The van der Waals surface area contributed by atoms with Gasteiger partial charge >= 0.3 is 6.03 Å². The van der Waals surface area contributed by atoms with E-state index in [-0.39, 0.29) is 11.8 Å². The molecule has 0 fully saturated rings. The van der Waals surface area contributed by atoms with Gasteiger partial charge in [-0.25, -0.2) is 9.18 Å². The van der Waals surface area contributed by atoms with Gasteiger partial charge in [0.25, 0.3) is 0 Å². The minimum atomic E-state index is -0.328. The predicted molar refractivity (Wildman–Crippen MR) is 73.4 cm³/mol. The summed E-state index contributed by atoms with van der Waals surface area (Å²) in [4.78, 5) is 11.7. The molecule has 0 aliphatic heterocycles. The Morgan fingerprint density at radius 1 is 1.11 bits per heavy atom. The molecule has 2 aromatic rings. The fourth-order valence-corrected chi connectivity index (χ4v) is 1.69. The third kappa shape index (κ3) is 3.81. The van der Waals surface area contributed by atoms with Crippen LogP contribution in [0.25, 0.3) is 0 Å². The number of benzene rings is 2. The number of hydrogen-bond acceptors (Lipinski definition) is 1. The standard InChI is InChI=1S/C15H15FN2O/c1-11-4-2-3-5-12(11)10-17-15(19)18-14-8-6-13(16)7-9-14/h2-9H,10H2,1H3,(H2,17,18,19). The van der Waals surface area contributed by atoms with Gasteiger partial charge in [0.05, 0.1) is 0 Å². The zero-order chi connectivity index (χ0) is 13.7. The number of aryl methyl sites for hydroxylation is 1. The molecule has 2 N–H and O–H groups in total. The van der Waals surface area contributed by atoms with Gasteiger partial charge in [0, 0.05) is 12.2 Å². The summed E-state index contributed by atoms with van der Waals surface area (Å²) in [7, 11) is 0. The minimum Gasteiger partial charge on any atom is -0.334 e. The van der Waals surface area contributed by atoms with E-state index in [4.69, 9.17) is 0 Å². The molecule has 0 unspecified atom stereocenters. The second kappa shape index (κ2) is 6.00. The van der Waals surface area contributed by atoms with E-state index < -0.39 is 0 Å². The SMILES string of the molecule is Cc1ccccc1CNC(=O)Nc1ccc(F)cc1. The Hall–Kier alpha value is -2.36. The van der Waals surface area contributed by atoms with E-state index in [9.17, 15) is 9.18 Å². The fourth-order valence-electron chi connectivity index (χ4n) is 1.69. The van der Waals surface area contributed by atoms with Crippen molar-refractivity contribution in [3.63, 3.8) is 0 Å². The number of urea groups is 1. The number of halogens is 1. The van der Waals surface area contributed by atoms with Crippen molar-refractivity contribution in [2.45, 2.75) is 13.5 Å². The van der Waals surface area contributed by atoms with Crippen LogP contribution in [0.1, 0.15) is 11.1 Å². The normalized spacial score (nSPS) is 10.0. The first kappa shape index (κ1) is 13.1. The van der Waals surface area contributed by atoms with Gasteiger partial charge in [0.15, 0.2) is 0 Å². The summed E-state index contributed by atoms with van der Waals surface area (Å²) >= 11 is 0. The maximum Gasteiger partial charge on any atom is 0.319 e. The van der Waals surface area contributed by atoms with Gasteiger partial charge in [0.2, 0.25) is 0 Å². The highest BCUT2D eigenvalue weighted by Gasteiger charge is 2.03. The fraction of sp³-hybridized carbons (Fsp3) is 0.133. The molecule has 0 aliphatic carbocycles. The number of carbonyl (C=O) groups is 1. The highest BCUT2D eigenvalue weighted by Crippen LogP contribution is 2.09. The van der Waals surface area contributed by atoms with E-state index in [0.717, 1.165) is 11.1 Å². The first-order chi connectivity index (χ1) is 9.15. The van der Waals surface area contributed by atoms with Gasteiger partial charge in [-0.15, -0.1) is 0 Å². The average Bonchev–Trinajstić information content (AvgIpc) is 2.40. The summed E-state index contributed by atoms with van der Waals surface area (Å²) in [6.07, 6.45) is 0. The average molecular weight is 258 g/mol. The van der Waals surface area contributed by atoms with Gasteiger partial charge in [-0.3, -0.25) is 0 Å². The zero-order valence-electron chi connectivity index (χ0n) is 10.6. The highest BCUT2D eigenvalue weighted by atomic mass is 19.1. The van der Waals surface area contributed by atoms with Crippen LogP contribution in [0, 0.1) is 12.7 Å². The van der Waals surface area contributed by atoms with Crippen molar-refractivity contribution in [1.29, 1.82) is 0 Å². The lowest BCUT2D eigenvalue weighted by Crippen LogP contribution is -2.28. The summed E-state index contributed by atoms with van der Waals surface area (Å²) in [6, 6.07) is 13.2. The Morgan fingerprint density at radius 3 is 2.47 bits per heavy atom. The van der Waals surface area contributed by atoms with E-state index in [0.29, 0.717) is 12.2 Å². The van der Waals surface area contributed by atoms with Gasteiger partial charge in [0.1, 0.15) is 5.82 Å². The summed E-state index contributed by atoms with van der Waals surface area (Å²) in [5.74, 6) is -0.328. The monoisotopic (exact) mass is 258 g/mol. The van der Waals surface area contributed by atoms with E-state index in [1.54, 1.807) is 0 Å². The Morgan fingerprint density at radius 2 is 1.79 bits per heavy atom. The van der Waals surface area contributed by atoms with Gasteiger partial charge in [-0.05, 0) is 42.3 Å². The van der Waals surface area contributed by atoms with Crippen LogP contribution in [-0.4, -0.2) is 6.03 Å². The first-order valence-electron chi connectivity index (χ1n) is 6.00. The molecule has 0 spiro atoms. The first-order valence-corrected chi connectivity index (χ1v) is 6.00. The lowest BCUT2D eigenvalue weighted by atomic mass is 10.1. The molecular weight excluding hydrogens is 243 g/mol. The topological polar surface area (TPSA) is 41.1 Å². The van der Waals surface area contributed by atoms with Crippen molar-refractivity contribution in [2.24, 2.45) is 0 Å². The number of hydrogen-bond donors (Lipinski definition) is 2. The lowest BCUT2D eigenvalue weighted by Gasteiger charge is -2.09. The van der Waals surface area contributed by atoms with Crippen LogP contribution >= 0.6 is 0 Å². The van der Waals surface area contributed by atoms with E-state index in [1.807, 2.05) is 31.2 Å². The lowest BCUT2D eigenvalue weighted by molar-refractivity contribution is 0.251. The number of anilines is 1. The molecule has 2 aromatic carbocycles. The van der Waals surface area contributed by atoms with Crippen molar-refractivity contribution in [1.82, 2.24) is 5.32 Å². The summed E-state index contributed by atoms with van der Waals surface area (Å²) < 4.78 is 12.7. The molecule has 0 atom stereocenters. The van der Waals surface area contributed by atoms with Crippen molar-refractivity contribution >= 4 is 11.7 Å². The van der Waals surface area contributed by atoms with Crippen LogP contribution < -0.4 is 10.6 Å². The van der Waals surface area contributed by atoms with Crippen LogP contribution in [-0.2, 0) is 6.54 Å². The van der Waals surface area contributed by atoms with Crippen molar-refractivity contribution in [3.8, 4) is 0 Å². The van der Waals surface area contributed by atoms with Gasteiger partial charge in [-0.1, -0.05) is 24.3 Å². The van der Waals surface area contributed by atoms with Crippen molar-refractivity contribution < 1.29 is 9.18 Å². The van der Waals surface area contributed by atoms with Crippen molar-refractivity contribution in [2.75, 3.05) is 5.32 Å². The van der Waals surface area contributed by atoms with Crippen LogP contribution in [0.3, 0.4) is 0 Å². The molecule has 0 heterocycles. The summed E-state index contributed by atoms with van der Waals surface area (Å²) in [5, 5.41) is 5.40. The number of rotatable bonds is 3. The van der Waals surface area contributed by atoms with Crippen LogP contribution in [0.4, 0.5) is 14.9 Å². The van der Waals surface area contributed by atoms with E-state index in [2.05, 4.69) is 10.6 Å². The number of nitrogens with one attached hydrogen (secondary N) is 2. The van der Waals surface area contributed by atoms with E-state index >= 15 is 0 Å². The largest absolute Gasteiger partial charge is 0.334 e. The molecule has 98 valence electrons. The molecule has 0 saturated carbocycles. The Labute approximate surface area is 111 Å². The molecule has 19 heavy (non-hydrogen) atoms. The third-order valence-corrected chi connectivity index (χ3v) is 2.80.